The maximum atomic E-state index is 14.3. The summed E-state index contributed by atoms with van der Waals surface area (Å²) in [6, 6.07) is 11.4. The lowest BCUT2D eigenvalue weighted by Gasteiger charge is -2.21. The molecule has 87 heavy (non-hydrogen) atoms. The summed E-state index contributed by atoms with van der Waals surface area (Å²) in [6.07, 6.45) is -0.0100. The van der Waals surface area contributed by atoms with Gasteiger partial charge >= 0.3 is 5.97 Å². The van der Waals surface area contributed by atoms with Crippen molar-refractivity contribution in [1.82, 2.24) is 16.0 Å². The molecule has 32 nitrogen and oxygen atoms in total. The minimum Gasteiger partial charge on any atom is -0.496 e. The van der Waals surface area contributed by atoms with Crippen molar-refractivity contribution in [3.63, 3.8) is 0 Å². The fraction of sp³-hybridized carbons (Fsp3) is 0.345. The van der Waals surface area contributed by atoms with Crippen LogP contribution in [-0.4, -0.2) is 148 Å². The molecular formula is C55H74N18O14. The van der Waals surface area contributed by atoms with Crippen LogP contribution in [0.25, 0.3) is 0 Å². The van der Waals surface area contributed by atoms with Crippen LogP contribution in [0.3, 0.4) is 0 Å². The SMILES string of the molecule is COc1ccc(NC(=O)[C@H](CCCN=C(N)N)NC(=O)c2cc(NC(=O)[C@H](CCCN=C(N)N)NC(=O)c3cc(NC(=O)[C@H](CCCN=C(N)N)NC(=O)c4cc(NC(=O)[C@@H](N)CCC(=O)O)ccc4OC)ccc3OC)ccc2OC)cc1C(N)=O. The Hall–Kier alpha value is -10.9. The number of rotatable bonds is 34. The quantitative estimate of drug-likeness (QED) is 0.0157. The lowest BCUT2D eigenvalue weighted by atomic mass is 10.1. The lowest BCUT2D eigenvalue weighted by Crippen LogP contribution is -2.44. The molecule has 0 aliphatic rings. The minimum atomic E-state index is -1.33. The zero-order valence-corrected chi connectivity index (χ0v) is 48.2. The number of aliphatic imine (C=N–C) groups is 3. The molecule has 24 N–H and O–H groups in total. The molecule has 0 unspecified atom stereocenters. The molecule has 0 aliphatic heterocycles. The van der Waals surface area contributed by atoms with E-state index in [1.54, 1.807) is 0 Å². The van der Waals surface area contributed by atoms with Crippen LogP contribution < -0.4 is 102 Å². The first-order valence-electron chi connectivity index (χ1n) is 26.7. The van der Waals surface area contributed by atoms with Crippen LogP contribution in [0.4, 0.5) is 22.7 Å². The van der Waals surface area contributed by atoms with Crippen molar-refractivity contribution >= 4 is 93.9 Å². The molecule has 0 radical (unpaired) electrons. The van der Waals surface area contributed by atoms with Crippen molar-refractivity contribution in [3.8, 4) is 23.0 Å². The number of carboxylic acid groups (broad SMARTS) is 1. The van der Waals surface area contributed by atoms with Gasteiger partial charge in [0.25, 0.3) is 23.6 Å². The van der Waals surface area contributed by atoms with Crippen LogP contribution in [0, 0.1) is 0 Å². The predicted molar refractivity (Wildman–Crippen MR) is 323 cm³/mol. The number of carboxylic acids is 1. The molecule has 0 fully saturated rings. The number of aliphatic carboxylic acids is 1. The number of anilines is 4. The van der Waals surface area contributed by atoms with E-state index in [-0.39, 0.29) is 157 Å². The molecule has 0 spiro atoms. The Morgan fingerprint density at radius 2 is 0.701 bits per heavy atom. The highest BCUT2D eigenvalue weighted by molar-refractivity contribution is 6.08. The molecule has 4 atom stereocenters. The molecule has 8 amide bonds. The number of amides is 8. The summed E-state index contributed by atoms with van der Waals surface area (Å²) >= 11 is 0. The molecule has 4 rings (SSSR count). The van der Waals surface area contributed by atoms with Gasteiger partial charge in [0.1, 0.15) is 41.1 Å². The summed E-state index contributed by atoms with van der Waals surface area (Å²) in [5, 5.41) is 27.7. The van der Waals surface area contributed by atoms with Crippen molar-refractivity contribution in [2.24, 2.45) is 60.8 Å². The zero-order chi connectivity index (χ0) is 64.3. The van der Waals surface area contributed by atoms with Gasteiger partial charge in [0, 0.05) is 48.8 Å². The fourth-order valence-electron chi connectivity index (χ4n) is 8.23. The molecule has 0 saturated carbocycles. The van der Waals surface area contributed by atoms with Gasteiger partial charge < -0.3 is 107 Å². The van der Waals surface area contributed by atoms with E-state index in [1.807, 2.05) is 0 Å². The lowest BCUT2D eigenvalue weighted by molar-refractivity contribution is -0.137. The first kappa shape index (κ1) is 68.6. The van der Waals surface area contributed by atoms with Gasteiger partial charge in [-0.15, -0.1) is 0 Å². The van der Waals surface area contributed by atoms with E-state index >= 15 is 0 Å². The fourth-order valence-corrected chi connectivity index (χ4v) is 8.23. The van der Waals surface area contributed by atoms with Gasteiger partial charge in [0.15, 0.2) is 17.9 Å². The summed E-state index contributed by atoms with van der Waals surface area (Å²) in [5.41, 5.74) is 44.5. The van der Waals surface area contributed by atoms with E-state index in [2.05, 4.69) is 52.2 Å². The number of benzene rings is 4. The highest BCUT2D eigenvalue weighted by Crippen LogP contribution is 2.28. The normalized spacial score (nSPS) is 11.9. The second-order valence-corrected chi connectivity index (χ2v) is 18.9. The van der Waals surface area contributed by atoms with Crippen molar-refractivity contribution in [2.45, 2.75) is 75.5 Å². The number of nitrogens with two attached hydrogens (primary N) is 8. The highest BCUT2D eigenvalue weighted by Gasteiger charge is 2.29. The Labute approximate surface area is 499 Å². The maximum absolute atomic E-state index is 14.3. The number of methoxy groups -OCH3 is 4. The van der Waals surface area contributed by atoms with Crippen molar-refractivity contribution in [1.29, 1.82) is 0 Å². The van der Waals surface area contributed by atoms with Gasteiger partial charge in [-0.05, 0) is 118 Å². The Balaban J connectivity index is 1.61. The van der Waals surface area contributed by atoms with Gasteiger partial charge in [-0.3, -0.25) is 58.1 Å². The van der Waals surface area contributed by atoms with Crippen LogP contribution in [0.5, 0.6) is 23.0 Å². The predicted octanol–water partition coefficient (Wildman–Crippen LogP) is -0.677. The molecule has 32 heteroatoms. The third-order valence-corrected chi connectivity index (χ3v) is 12.6. The molecule has 0 aliphatic carbocycles. The number of guanidine groups is 3. The Kier molecular flexibility index (Phi) is 26.8. The molecule has 0 heterocycles. The second-order valence-electron chi connectivity index (χ2n) is 18.9. The number of primary amides is 1. The first-order valence-corrected chi connectivity index (χ1v) is 26.7. The largest absolute Gasteiger partial charge is 0.496 e. The number of ether oxygens (including phenoxy) is 4. The van der Waals surface area contributed by atoms with Crippen LogP contribution in [-0.2, 0) is 24.0 Å². The third-order valence-electron chi connectivity index (χ3n) is 12.6. The van der Waals surface area contributed by atoms with E-state index in [0.717, 1.165) is 0 Å². The smallest absolute Gasteiger partial charge is 0.303 e. The maximum Gasteiger partial charge on any atom is 0.303 e. The molecule has 468 valence electrons. The average molecular weight is 1210 g/mol. The standard InChI is InChI=1S/C55H74N18O14/c1-84-40-16-11-28(24-32(40)45(57)76)68-50(81)37(8-5-21-64-53(58)59)71-47(78)34-26-30(13-18-42(34)86-3)70-52(83)39(10-7-23-66-55(62)63)73-48(79)35-27-31(14-19-43(35)87-4)69-51(82)38(9-6-22-65-54(60)61)72-46(77)33-25-29(12-17-41(33)85-2)67-49(80)36(56)15-20-44(74)75/h11-14,16-19,24-27,36-39H,5-10,15,20-23,56H2,1-4H3,(H2,57,76)(H,67,80)(H,68,81)(H,69,82)(H,70,83)(H,71,78)(H,72,77)(H,73,79)(H,74,75)(H4,58,59,64)(H4,60,61,65)(H4,62,63,66)/t36-,37-,38-,39-/m0/s1. The van der Waals surface area contributed by atoms with Crippen molar-refractivity contribution in [3.05, 3.63) is 95.1 Å². The molecule has 0 saturated heterocycles. The zero-order valence-electron chi connectivity index (χ0n) is 48.2. The highest BCUT2D eigenvalue weighted by atomic mass is 16.5. The first-order chi connectivity index (χ1) is 41.4. The third kappa shape index (κ3) is 22.0. The monoisotopic (exact) mass is 1210 g/mol. The molecule has 0 aromatic heterocycles. The summed E-state index contributed by atoms with van der Waals surface area (Å²) in [7, 11) is 5.22. The Morgan fingerprint density at radius 3 is 0.966 bits per heavy atom. The Morgan fingerprint density at radius 1 is 0.425 bits per heavy atom. The van der Waals surface area contributed by atoms with Gasteiger partial charge in [0.2, 0.25) is 23.6 Å². The van der Waals surface area contributed by atoms with Crippen LogP contribution in [0.2, 0.25) is 0 Å². The number of carbonyl (C=O) groups excluding carboxylic acids is 8. The number of hydrogen-bond donors (Lipinski definition) is 16. The average Bonchev–Trinajstić information content (AvgIpc) is 1.57. The van der Waals surface area contributed by atoms with Crippen LogP contribution >= 0.6 is 0 Å². The number of nitrogens with one attached hydrogen (secondary N) is 7. The van der Waals surface area contributed by atoms with Crippen molar-refractivity contribution < 1.29 is 67.2 Å². The minimum absolute atomic E-state index is 0.0152. The summed E-state index contributed by atoms with van der Waals surface area (Å²) in [5.74, 6) is -7.74. The van der Waals surface area contributed by atoms with Crippen LogP contribution in [0.15, 0.2) is 87.8 Å². The van der Waals surface area contributed by atoms with Gasteiger partial charge in [-0.1, -0.05) is 0 Å². The van der Waals surface area contributed by atoms with E-state index < -0.39 is 77.4 Å². The molecular weight excluding hydrogens is 1140 g/mol. The van der Waals surface area contributed by atoms with Gasteiger partial charge in [-0.2, -0.15) is 0 Å². The number of hydrogen-bond acceptors (Lipinski definition) is 17. The second kappa shape index (κ2) is 34.0. The summed E-state index contributed by atoms with van der Waals surface area (Å²) < 4.78 is 21.6. The molecule has 0 bridgehead atoms. The topological polar surface area (TPSA) is 540 Å². The summed E-state index contributed by atoms with van der Waals surface area (Å²) in [6.45, 7) is 0.218. The van der Waals surface area contributed by atoms with E-state index in [1.165, 1.54) is 101 Å². The van der Waals surface area contributed by atoms with Gasteiger partial charge in [-0.25, -0.2) is 0 Å². The van der Waals surface area contributed by atoms with Crippen molar-refractivity contribution in [2.75, 3.05) is 69.3 Å². The van der Waals surface area contributed by atoms with E-state index in [0.29, 0.717) is 0 Å². The molecule has 4 aromatic rings. The molecule has 4 aromatic carbocycles. The Bertz CT molecular complexity index is 3240. The summed E-state index contributed by atoms with van der Waals surface area (Å²) in [4.78, 5) is 132. The van der Waals surface area contributed by atoms with E-state index in [9.17, 15) is 43.2 Å². The number of nitrogens with zero attached hydrogens (tertiary/aromatic N) is 3. The van der Waals surface area contributed by atoms with Gasteiger partial charge in [0.05, 0.1) is 56.7 Å². The number of carbonyl (C=O) groups is 9. The van der Waals surface area contributed by atoms with E-state index in [4.69, 9.17) is 69.9 Å². The van der Waals surface area contributed by atoms with Crippen LogP contribution in [0.1, 0.15) is 92.8 Å².